The van der Waals surface area contributed by atoms with Crippen LogP contribution in [0.25, 0.3) is 0 Å². The first-order valence-corrected chi connectivity index (χ1v) is 12.7. The van der Waals surface area contributed by atoms with Crippen molar-refractivity contribution in [1.82, 2.24) is 14.5 Å². The van der Waals surface area contributed by atoms with Crippen LogP contribution in [0.15, 0.2) is 73.6 Å². The molecule has 0 radical (unpaired) electrons. The van der Waals surface area contributed by atoms with Gasteiger partial charge in [-0.1, -0.05) is 80.0 Å². The molecule has 10 heteroatoms. The van der Waals surface area contributed by atoms with Gasteiger partial charge in [0.25, 0.3) is 5.56 Å². The average Bonchev–Trinajstić information content (AvgIpc) is 2.78. The quantitative estimate of drug-likeness (QED) is 0.218. The van der Waals surface area contributed by atoms with Crippen molar-refractivity contribution >= 4 is 77.6 Å². The van der Waals surface area contributed by atoms with Crippen molar-refractivity contribution in [2.45, 2.75) is 24.0 Å². The Hall–Kier alpha value is -0.490. The number of benzene rings is 2. The highest BCUT2D eigenvalue weighted by molar-refractivity contribution is 9.10. The van der Waals surface area contributed by atoms with Crippen LogP contribution >= 0.6 is 77.6 Å². The predicted octanol–water partition coefficient (Wildman–Crippen LogP) is 6.10. The molecule has 2 heterocycles. The van der Waals surface area contributed by atoms with Crippen molar-refractivity contribution in [3.8, 4) is 0 Å². The Labute approximate surface area is 236 Å². The fourth-order valence-corrected chi connectivity index (χ4v) is 5.41. The zero-order chi connectivity index (χ0) is 21.6. The van der Waals surface area contributed by atoms with Gasteiger partial charge in [0, 0.05) is 46.1 Å². The smallest absolute Gasteiger partial charge is 0.278 e. The molecule has 4 rings (SSSR count). The van der Waals surface area contributed by atoms with Gasteiger partial charge in [0.05, 0.1) is 19.8 Å². The molecule has 5 nitrogen and oxygen atoms in total. The van der Waals surface area contributed by atoms with Crippen molar-refractivity contribution in [1.29, 1.82) is 0 Å². The number of hydrogen-bond acceptors (Lipinski definition) is 5. The first-order valence-electron chi connectivity index (χ1n) is 10.1. The molecular weight excluding hydrogens is 702 g/mol. The van der Waals surface area contributed by atoms with Gasteiger partial charge in [0.2, 0.25) is 0 Å². The van der Waals surface area contributed by atoms with Gasteiger partial charge in [0.1, 0.15) is 0 Å². The van der Waals surface area contributed by atoms with E-state index in [1.807, 2.05) is 42.6 Å². The van der Waals surface area contributed by atoms with E-state index in [4.69, 9.17) is 4.74 Å². The Bertz CT molecular complexity index is 1110. The van der Waals surface area contributed by atoms with Gasteiger partial charge in [-0.15, -0.1) is 34.0 Å². The first-order chi connectivity index (χ1) is 15.1. The first kappa shape index (κ1) is 28.7. The fraction of sp³-hybridized carbons (Fsp3) is 0.304. The molecule has 1 aliphatic rings. The second-order valence-electron chi connectivity index (χ2n) is 7.34. The number of ether oxygens (including phenoxy) is 1. The van der Waals surface area contributed by atoms with Crippen molar-refractivity contribution in [2.24, 2.45) is 0 Å². The molecule has 1 fully saturated rings. The van der Waals surface area contributed by atoms with Gasteiger partial charge in [-0.05, 0) is 23.3 Å². The van der Waals surface area contributed by atoms with E-state index >= 15 is 0 Å². The van der Waals surface area contributed by atoms with Gasteiger partial charge < -0.3 is 9.30 Å². The monoisotopic (exact) mass is 723 g/mol. The van der Waals surface area contributed by atoms with Crippen LogP contribution in [0.2, 0.25) is 0 Å². The molecule has 2 aromatic carbocycles. The van der Waals surface area contributed by atoms with Crippen LogP contribution in [-0.2, 0) is 23.6 Å². The zero-order valence-corrected chi connectivity index (χ0v) is 25.2. The molecule has 1 saturated heterocycles. The molecule has 0 aliphatic carbocycles. The van der Waals surface area contributed by atoms with Crippen LogP contribution in [0.1, 0.15) is 16.7 Å². The molecule has 0 saturated carbocycles. The molecule has 0 amide bonds. The molecule has 0 unspecified atom stereocenters. The molecule has 3 aromatic rings. The lowest BCUT2D eigenvalue weighted by Crippen LogP contribution is -2.37. The number of nitrogens with zero attached hydrogens (tertiary/aromatic N) is 3. The minimum Gasteiger partial charge on any atom is -0.379 e. The highest BCUT2D eigenvalue weighted by Crippen LogP contribution is 2.27. The summed E-state index contributed by atoms with van der Waals surface area (Å²) >= 11 is 8.84. The van der Waals surface area contributed by atoms with E-state index in [2.05, 4.69) is 58.4 Å². The lowest BCUT2D eigenvalue weighted by Gasteiger charge is -2.26. The molecule has 0 spiro atoms. The summed E-state index contributed by atoms with van der Waals surface area (Å²) in [4.78, 5) is 19.6. The third-order valence-corrected chi connectivity index (χ3v) is 7.73. The van der Waals surface area contributed by atoms with E-state index in [-0.39, 0.29) is 39.5 Å². The topological polar surface area (TPSA) is 47.4 Å². The van der Waals surface area contributed by atoms with Gasteiger partial charge in [0.15, 0.2) is 5.16 Å². The molecule has 1 aliphatic heterocycles. The summed E-state index contributed by atoms with van der Waals surface area (Å²) in [5, 5.41) is 0.724. The number of halogens is 4. The summed E-state index contributed by atoms with van der Waals surface area (Å²) in [7, 11) is 0. The van der Waals surface area contributed by atoms with Crippen LogP contribution in [0, 0.1) is 0 Å². The van der Waals surface area contributed by atoms with Gasteiger partial charge in [-0.2, -0.15) is 4.98 Å². The van der Waals surface area contributed by atoms with E-state index in [0.717, 1.165) is 44.1 Å². The number of aromatic nitrogens is 2. The van der Waals surface area contributed by atoms with Crippen molar-refractivity contribution in [2.75, 3.05) is 26.3 Å². The fourth-order valence-electron chi connectivity index (χ4n) is 3.43. The standard InChI is InChI=1S/C23H23Br2N3O2S.2BrH/c24-20-7-3-1-5-17(20)14-28-15-19(13-27-9-11-30-12-10-27)22(29)26-23(28)31-16-18-6-2-4-8-21(18)25;;/h1-8,15H,9-14,16H2;2*1H. The maximum Gasteiger partial charge on any atom is 0.278 e. The second kappa shape index (κ2) is 14.2. The van der Waals surface area contributed by atoms with E-state index < -0.39 is 0 Å². The normalized spacial score (nSPS) is 13.8. The Morgan fingerprint density at radius 2 is 1.48 bits per heavy atom. The lowest BCUT2D eigenvalue weighted by atomic mass is 10.2. The summed E-state index contributed by atoms with van der Waals surface area (Å²) in [5.74, 6) is 0.729. The average molecular weight is 727 g/mol. The van der Waals surface area contributed by atoms with Crippen molar-refractivity contribution in [3.63, 3.8) is 0 Å². The molecular formula is C23H25Br4N3O2S. The summed E-state index contributed by atoms with van der Waals surface area (Å²) in [6.45, 7) is 4.32. The minimum absolute atomic E-state index is 0. The van der Waals surface area contributed by atoms with E-state index in [0.29, 0.717) is 26.3 Å². The van der Waals surface area contributed by atoms with Gasteiger partial charge >= 0.3 is 0 Å². The maximum absolute atomic E-state index is 12.8. The second-order valence-corrected chi connectivity index (χ2v) is 9.99. The Morgan fingerprint density at radius 3 is 2.12 bits per heavy atom. The maximum atomic E-state index is 12.8. The SMILES string of the molecule is Br.Br.O=c1nc(SCc2ccccc2Br)n(Cc2ccccc2Br)cc1CN1CCOCC1. The van der Waals surface area contributed by atoms with E-state index in [9.17, 15) is 4.79 Å². The molecule has 0 N–H and O–H groups in total. The molecule has 33 heavy (non-hydrogen) atoms. The molecule has 0 atom stereocenters. The summed E-state index contributed by atoms with van der Waals surface area (Å²) in [5.41, 5.74) is 2.89. The number of morpholine rings is 1. The number of thioether (sulfide) groups is 1. The van der Waals surface area contributed by atoms with Crippen molar-refractivity contribution in [3.05, 3.63) is 90.7 Å². The minimum atomic E-state index is -0.149. The predicted molar refractivity (Wildman–Crippen MR) is 152 cm³/mol. The number of hydrogen-bond donors (Lipinski definition) is 0. The van der Waals surface area contributed by atoms with Crippen LogP contribution < -0.4 is 5.56 Å². The summed E-state index contributed by atoms with van der Waals surface area (Å²) < 4.78 is 9.64. The van der Waals surface area contributed by atoms with Crippen LogP contribution in [0.5, 0.6) is 0 Å². The Balaban J connectivity index is 0.00000193. The van der Waals surface area contributed by atoms with Crippen LogP contribution in [-0.4, -0.2) is 40.8 Å². The highest BCUT2D eigenvalue weighted by Gasteiger charge is 2.16. The van der Waals surface area contributed by atoms with E-state index in [1.165, 1.54) is 5.56 Å². The third kappa shape index (κ3) is 8.02. The molecule has 1 aromatic heterocycles. The lowest BCUT2D eigenvalue weighted by molar-refractivity contribution is 0.0339. The third-order valence-electron chi connectivity index (χ3n) is 5.14. The molecule has 0 bridgehead atoms. The Morgan fingerprint density at radius 1 is 0.879 bits per heavy atom. The number of rotatable bonds is 7. The van der Waals surface area contributed by atoms with Gasteiger partial charge in [-0.25, -0.2) is 0 Å². The van der Waals surface area contributed by atoms with Crippen LogP contribution in [0.3, 0.4) is 0 Å². The van der Waals surface area contributed by atoms with Crippen molar-refractivity contribution < 1.29 is 4.74 Å². The van der Waals surface area contributed by atoms with Crippen LogP contribution in [0.4, 0.5) is 0 Å². The zero-order valence-electron chi connectivity index (χ0n) is 17.8. The Kier molecular flexibility index (Phi) is 12.3. The molecule has 178 valence electrons. The summed E-state index contributed by atoms with van der Waals surface area (Å²) in [6, 6.07) is 16.3. The van der Waals surface area contributed by atoms with Gasteiger partial charge in [-0.3, -0.25) is 9.69 Å². The highest BCUT2D eigenvalue weighted by atomic mass is 79.9. The summed E-state index contributed by atoms with van der Waals surface area (Å²) in [6.07, 6.45) is 1.98. The van der Waals surface area contributed by atoms with E-state index in [1.54, 1.807) is 11.8 Å². The largest absolute Gasteiger partial charge is 0.379 e.